The average molecular weight is 292 g/mol. The van der Waals surface area contributed by atoms with E-state index in [0.29, 0.717) is 6.54 Å². The summed E-state index contributed by atoms with van der Waals surface area (Å²) < 4.78 is 18.2. The van der Waals surface area contributed by atoms with Crippen molar-refractivity contribution in [3.05, 3.63) is 46.5 Å². The van der Waals surface area contributed by atoms with Crippen LogP contribution in [0, 0.1) is 15.9 Å². The Balaban J connectivity index is 2.33. The molecule has 1 N–H and O–H groups in total. The molecule has 0 fully saturated rings. The van der Waals surface area contributed by atoms with Gasteiger partial charge in [-0.05, 0) is 30.7 Å². The third kappa shape index (κ3) is 3.62. The number of anilines is 1. The first-order chi connectivity index (χ1) is 10.1. The van der Waals surface area contributed by atoms with Crippen molar-refractivity contribution >= 4 is 11.5 Å². The fourth-order valence-corrected chi connectivity index (χ4v) is 1.59. The summed E-state index contributed by atoms with van der Waals surface area (Å²) in [5.41, 5.74) is -0.352. The Morgan fingerprint density at radius 1 is 1.33 bits per heavy atom. The van der Waals surface area contributed by atoms with Crippen LogP contribution in [0.3, 0.4) is 0 Å². The topological polar surface area (TPSA) is 90.2 Å². The summed E-state index contributed by atoms with van der Waals surface area (Å²) in [6, 6.07) is 5.11. The van der Waals surface area contributed by atoms with E-state index >= 15 is 0 Å². The van der Waals surface area contributed by atoms with Crippen molar-refractivity contribution in [2.75, 3.05) is 11.9 Å². The first-order valence-electron chi connectivity index (χ1n) is 6.28. The Morgan fingerprint density at radius 2 is 2.05 bits per heavy atom. The van der Waals surface area contributed by atoms with Crippen LogP contribution in [0.1, 0.15) is 13.3 Å². The van der Waals surface area contributed by atoms with Crippen LogP contribution >= 0.6 is 0 Å². The van der Waals surface area contributed by atoms with Gasteiger partial charge in [0.05, 0.1) is 4.92 Å². The van der Waals surface area contributed by atoms with Gasteiger partial charge in [-0.3, -0.25) is 10.1 Å². The largest absolute Gasteiger partial charge is 0.434 e. The molecule has 0 unspecified atom stereocenters. The van der Waals surface area contributed by atoms with Crippen molar-refractivity contribution in [3.8, 4) is 11.6 Å². The fourth-order valence-electron chi connectivity index (χ4n) is 1.59. The molecule has 0 atom stereocenters. The van der Waals surface area contributed by atoms with Crippen molar-refractivity contribution in [2.45, 2.75) is 13.3 Å². The fraction of sp³-hybridized carbons (Fsp3) is 0.231. The van der Waals surface area contributed by atoms with E-state index in [1.807, 2.05) is 6.92 Å². The van der Waals surface area contributed by atoms with E-state index in [1.54, 1.807) is 0 Å². The SMILES string of the molecule is CCCNc1ncnc(Oc2ccc(F)cc2)c1[N+](=O)[O-]. The van der Waals surface area contributed by atoms with Gasteiger partial charge in [0, 0.05) is 6.54 Å². The van der Waals surface area contributed by atoms with Crippen LogP contribution in [0.5, 0.6) is 11.6 Å². The number of halogens is 1. The van der Waals surface area contributed by atoms with E-state index in [4.69, 9.17) is 4.74 Å². The Kier molecular flexibility index (Phi) is 4.60. The van der Waals surface area contributed by atoms with E-state index in [1.165, 1.54) is 30.6 Å². The lowest BCUT2D eigenvalue weighted by Crippen LogP contribution is -2.07. The molecule has 0 amide bonds. The van der Waals surface area contributed by atoms with Gasteiger partial charge in [-0.1, -0.05) is 6.92 Å². The normalized spacial score (nSPS) is 10.2. The molecule has 0 aliphatic rings. The van der Waals surface area contributed by atoms with Crippen LogP contribution < -0.4 is 10.1 Å². The summed E-state index contributed by atoms with van der Waals surface area (Å²) >= 11 is 0. The number of hydrogen-bond donors (Lipinski definition) is 1. The predicted molar refractivity (Wildman–Crippen MR) is 73.9 cm³/mol. The first-order valence-corrected chi connectivity index (χ1v) is 6.28. The zero-order valence-electron chi connectivity index (χ0n) is 11.2. The number of aromatic nitrogens is 2. The van der Waals surface area contributed by atoms with Crippen molar-refractivity contribution < 1.29 is 14.1 Å². The van der Waals surface area contributed by atoms with Crippen molar-refractivity contribution in [1.82, 2.24) is 9.97 Å². The third-order valence-corrected chi connectivity index (χ3v) is 2.54. The molecule has 0 aliphatic carbocycles. The molecule has 1 aromatic heterocycles. The minimum Gasteiger partial charge on any atom is -0.434 e. The second-order valence-corrected chi connectivity index (χ2v) is 4.12. The summed E-state index contributed by atoms with van der Waals surface area (Å²) in [4.78, 5) is 18.2. The molecule has 2 rings (SSSR count). The minimum absolute atomic E-state index is 0.0916. The molecule has 1 heterocycles. The van der Waals surface area contributed by atoms with Gasteiger partial charge >= 0.3 is 11.6 Å². The molecule has 0 saturated carbocycles. The lowest BCUT2D eigenvalue weighted by molar-refractivity contribution is -0.385. The molecule has 21 heavy (non-hydrogen) atoms. The molecule has 1 aromatic carbocycles. The summed E-state index contributed by atoms with van der Waals surface area (Å²) in [5.74, 6) is -0.279. The number of rotatable bonds is 6. The van der Waals surface area contributed by atoms with Gasteiger partial charge in [0.25, 0.3) is 0 Å². The maximum atomic E-state index is 12.8. The third-order valence-electron chi connectivity index (χ3n) is 2.54. The highest BCUT2D eigenvalue weighted by atomic mass is 19.1. The molecule has 0 spiro atoms. The van der Waals surface area contributed by atoms with Crippen LogP contribution in [-0.4, -0.2) is 21.4 Å². The van der Waals surface area contributed by atoms with Crippen molar-refractivity contribution in [1.29, 1.82) is 0 Å². The average Bonchev–Trinajstić information content (AvgIpc) is 2.47. The molecule has 2 aromatic rings. The first kappa shape index (κ1) is 14.6. The lowest BCUT2D eigenvalue weighted by Gasteiger charge is -2.08. The Labute approximate surface area is 120 Å². The standard InChI is InChI=1S/C13H13FN4O3/c1-2-7-15-12-11(18(19)20)13(17-8-16-12)21-10-5-3-9(14)4-6-10/h3-6,8H,2,7H2,1H3,(H,15,16,17). The van der Waals surface area contributed by atoms with Gasteiger partial charge in [-0.25, -0.2) is 9.37 Å². The number of nitrogens with one attached hydrogen (secondary N) is 1. The molecular weight excluding hydrogens is 279 g/mol. The number of benzene rings is 1. The van der Waals surface area contributed by atoms with Crippen LogP contribution in [0.2, 0.25) is 0 Å². The highest BCUT2D eigenvalue weighted by molar-refractivity contribution is 5.61. The summed E-state index contributed by atoms with van der Waals surface area (Å²) in [6.07, 6.45) is 1.96. The van der Waals surface area contributed by atoms with Crippen molar-refractivity contribution in [3.63, 3.8) is 0 Å². The van der Waals surface area contributed by atoms with E-state index in [0.717, 1.165) is 6.42 Å². The Morgan fingerprint density at radius 3 is 2.67 bits per heavy atom. The van der Waals surface area contributed by atoms with E-state index in [2.05, 4.69) is 15.3 Å². The maximum Gasteiger partial charge on any atom is 0.373 e. The van der Waals surface area contributed by atoms with Crippen LogP contribution in [0.15, 0.2) is 30.6 Å². The summed E-state index contributed by atoms with van der Waals surface area (Å²) in [6.45, 7) is 2.46. The number of nitrogens with zero attached hydrogens (tertiary/aromatic N) is 3. The molecule has 110 valence electrons. The van der Waals surface area contributed by atoms with Crippen LogP contribution in [0.4, 0.5) is 15.9 Å². The zero-order chi connectivity index (χ0) is 15.2. The molecule has 0 radical (unpaired) electrons. The van der Waals surface area contributed by atoms with Gasteiger partial charge in [-0.2, -0.15) is 4.98 Å². The number of nitro groups is 1. The van der Waals surface area contributed by atoms with Crippen LogP contribution in [0.25, 0.3) is 0 Å². The summed E-state index contributed by atoms with van der Waals surface area (Å²) in [5, 5.41) is 14.0. The number of hydrogen-bond acceptors (Lipinski definition) is 6. The monoisotopic (exact) mass is 292 g/mol. The highest BCUT2D eigenvalue weighted by Gasteiger charge is 2.24. The molecule has 0 saturated heterocycles. The van der Waals surface area contributed by atoms with Crippen molar-refractivity contribution in [2.24, 2.45) is 0 Å². The Hall–Kier alpha value is -2.77. The molecule has 7 nitrogen and oxygen atoms in total. The highest BCUT2D eigenvalue weighted by Crippen LogP contribution is 2.33. The summed E-state index contributed by atoms with van der Waals surface area (Å²) in [7, 11) is 0. The van der Waals surface area contributed by atoms with Gasteiger partial charge in [0.1, 0.15) is 17.9 Å². The maximum absolute atomic E-state index is 12.8. The molecule has 0 aliphatic heterocycles. The van der Waals surface area contributed by atoms with E-state index < -0.39 is 10.7 Å². The molecule has 8 heteroatoms. The van der Waals surface area contributed by atoms with Crippen LogP contribution in [-0.2, 0) is 0 Å². The smallest absolute Gasteiger partial charge is 0.373 e. The Bertz CT molecular complexity index is 634. The minimum atomic E-state index is -0.614. The van der Waals surface area contributed by atoms with Gasteiger partial charge in [0.15, 0.2) is 0 Å². The lowest BCUT2D eigenvalue weighted by atomic mass is 10.3. The van der Waals surface area contributed by atoms with Gasteiger partial charge < -0.3 is 10.1 Å². The quantitative estimate of drug-likeness (QED) is 0.649. The van der Waals surface area contributed by atoms with Gasteiger partial charge in [-0.15, -0.1) is 0 Å². The molecule has 0 bridgehead atoms. The molecular formula is C13H13FN4O3. The second kappa shape index (κ2) is 6.60. The zero-order valence-corrected chi connectivity index (χ0v) is 11.2. The second-order valence-electron chi connectivity index (χ2n) is 4.12. The van der Waals surface area contributed by atoms with E-state index in [-0.39, 0.29) is 23.1 Å². The van der Waals surface area contributed by atoms with Gasteiger partial charge in [0.2, 0.25) is 5.82 Å². The van der Waals surface area contributed by atoms with E-state index in [9.17, 15) is 14.5 Å². The number of ether oxygens (including phenoxy) is 1. The predicted octanol–water partition coefficient (Wildman–Crippen LogP) is 3.14.